The number of likely N-dealkylation sites (N-methyl/N-ethyl adjacent to an activating group) is 1. The summed E-state index contributed by atoms with van der Waals surface area (Å²) in [5.41, 5.74) is 1.92. The highest BCUT2D eigenvalue weighted by atomic mass is 127. The van der Waals surface area contributed by atoms with Crippen molar-refractivity contribution in [3.05, 3.63) is 11.8 Å². The first-order valence-corrected chi connectivity index (χ1v) is 10.9. The van der Waals surface area contributed by atoms with Crippen LogP contribution in [-0.2, 0) is 9.47 Å². The molecule has 9 heteroatoms. The lowest BCUT2D eigenvalue weighted by Gasteiger charge is -2.41. The van der Waals surface area contributed by atoms with Gasteiger partial charge in [0.1, 0.15) is 12.2 Å². The van der Waals surface area contributed by atoms with Crippen LogP contribution in [0.3, 0.4) is 0 Å². The summed E-state index contributed by atoms with van der Waals surface area (Å²) in [6.07, 6.45) is 6.57. The molecule has 1 aliphatic rings. The lowest BCUT2D eigenvalue weighted by Crippen LogP contribution is -3.00. The number of aromatic nitrogens is 2. The number of rotatable bonds is 10. The second-order valence-corrected chi connectivity index (χ2v) is 8.37. The number of unbranched alkanes of at least 4 members (excludes halogenated alkanes) is 3. The minimum atomic E-state index is -0.621. The quantitative estimate of drug-likeness (QED) is 0.195. The van der Waals surface area contributed by atoms with Crippen molar-refractivity contribution in [2.45, 2.75) is 72.1 Å². The molecule has 1 aromatic rings. The second kappa shape index (κ2) is 12.7. The third kappa shape index (κ3) is 8.01. The van der Waals surface area contributed by atoms with Crippen molar-refractivity contribution in [2.75, 3.05) is 26.7 Å². The molecule has 166 valence electrons. The molecule has 1 aromatic heterocycles. The maximum atomic E-state index is 11.9. The van der Waals surface area contributed by atoms with Crippen LogP contribution in [0.4, 0.5) is 4.79 Å². The van der Waals surface area contributed by atoms with Gasteiger partial charge in [-0.2, -0.15) is 4.37 Å². The molecule has 0 amide bonds. The van der Waals surface area contributed by atoms with E-state index in [-0.39, 0.29) is 36.3 Å². The van der Waals surface area contributed by atoms with Crippen molar-refractivity contribution < 1.29 is 47.5 Å². The Bertz CT molecular complexity index is 668. The number of nitrogens with zero attached hydrogens (tertiary/aromatic N) is 3. The van der Waals surface area contributed by atoms with Crippen LogP contribution >= 0.6 is 11.7 Å². The Morgan fingerprint density at radius 1 is 1.21 bits per heavy atom. The minimum Gasteiger partial charge on any atom is -1.00 e. The number of carbonyl (C=O) groups excluding carboxylic acids is 1. The van der Waals surface area contributed by atoms with Crippen LogP contribution in [0.1, 0.15) is 65.5 Å². The predicted molar refractivity (Wildman–Crippen MR) is 110 cm³/mol. The number of hydrogen-bond donors (Lipinski definition) is 0. The Morgan fingerprint density at radius 3 is 2.66 bits per heavy atom. The van der Waals surface area contributed by atoms with Crippen molar-refractivity contribution in [3.63, 3.8) is 0 Å². The monoisotopic (exact) mass is 539 g/mol. The predicted octanol–water partition coefficient (Wildman–Crippen LogP) is 1.64. The summed E-state index contributed by atoms with van der Waals surface area (Å²) in [6, 6.07) is 0. The summed E-state index contributed by atoms with van der Waals surface area (Å²) in [4.78, 5) is 11.9. The molecule has 0 bridgehead atoms. The molecular formula is C20H34IN3O4S. The van der Waals surface area contributed by atoms with E-state index in [2.05, 4.69) is 28.8 Å². The van der Waals surface area contributed by atoms with Crippen LogP contribution in [-0.4, -0.2) is 58.5 Å². The molecule has 2 unspecified atom stereocenters. The van der Waals surface area contributed by atoms with Gasteiger partial charge in [-0.25, -0.2) is 4.79 Å². The molecule has 1 aliphatic heterocycles. The third-order valence-electron chi connectivity index (χ3n) is 5.04. The van der Waals surface area contributed by atoms with Crippen molar-refractivity contribution in [3.8, 4) is 5.88 Å². The molecule has 2 rings (SSSR count). The van der Waals surface area contributed by atoms with Gasteiger partial charge in [0, 0.05) is 18.9 Å². The zero-order chi connectivity index (χ0) is 20.6. The highest BCUT2D eigenvalue weighted by Crippen LogP contribution is 2.31. The molecule has 0 saturated carbocycles. The van der Waals surface area contributed by atoms with Gasteiger partial charge in [0.05, 0.1) is 38.0 Å². The van der Waals surface area contributed by atoms with E-state index in [0.717, 1.165) is 30.7 Å². The fourth-order valence-electron chi connectivity index (χ4n) is 3.20. The van der Waals surface area contributed by atoms with Crippen molar-refractivity contribution >= 4 is 23.5 Å². The zero-order valence-electron chi connectivity index (χ0n) is 18.1. The SMILES string of the molecule is CCCCCCOc1nsnc1C1=CCC[N+](C)(C(C)OC(=O)OC(C)C)C1.[I-]. The summed E-state index contributed by atoms with van der Waals surface area (Å²) < 4.78 is 25.9. The minimum absolute atomic E-state index is 0. The van der Waals surface area contributed by atoms with Crippen molar-refractivity contribution in [1.82, 2.24) is 8.75 Å². The maximum absolute atomic E-state index is 11.9. The van der Waals surface area contributed by atoms with E-state index in [0.29, 0.717) is 23.5 Å². The van der Waals surface area contributed by atoms with Crippen molar-refractivity contribution in [1.29, 1.82) is 0 Å². The Kier molecular flexibility index (Phi) is 11.4. The molecule has 0 saturated heterocycles. The number of hydrogen-bond acceptors (Lipinski definition) is 7. The molecule has 29 heavy (non-hydrogen) atoms. The van der Waals surface area contributed by atoms with Gasteiger partial charge in [0.2, 0.25) is 6.23 Å². The average molecular weight is 539 g/mol. The smallest absolute Gasteiger partial charge is 0.513 e. The van der Waals surface area contributed by atoms with Crippen LogP contribution in [0.2, 0.25) is 0 Å². The van der Waals surface area contributed by atoms with E-state index in [9.17, 15) is 4.79 Å². The topological polar surface area (TPSA) is 70.5 Å². The normalized spacial score (nSPS) is 19.9. The molecule has 0 N–H and O–H groups in total. The standard InChI is InChI=1S/C20H34N3O4S.HI/c1-6-7-8-9-13-25-19-18(21-28-22-19)17-11-10-12-23(5,14-17)16(4)27-20(24)26-15(2)3;/h11,15-16H,6-10,12-14H2,1-5H3;1H/q+1;/p-1. The van der Waals surface area contributed by atoms with Gasteiger partial charge < -0.3 is 38.2 Å². The van der Waals surface area contributed by atoms with E-state index < -0.39 is 6.16 Å². The van der Waals surface area contributed by atoms with Crippen LogP contribution in [0.5, 0.6) is 5.88 Å². The highest BCUT2D eigenvalue weighted by Gasteiger charge is 2.37. The van der Waals surface area contributed by atoms with Gasteiger partial charge in [-0.3, -0.25) is 4.48 Å². The van der Waals surface area contributed by atoms with Gasteiger partial charge in [0.15, 0.2) is 0 Å². The number of halogens is 1. The van der Waals surface area contributed by atoms with E-state index >= 15 is 0 Å². The zero-order valence-corrected chi connectivity index (χ0v) is 21.1. The second-order valence-electron chi connectivity index (χ2n) is 7.84. The fraction of sp³-hybridized carbons (Fsp3) is 0.750. The fourth-order valence-corrected chi connectivity index (χ4v) is 3.74. The molecule has 0 spiro atoms. The number of quaternary nitrogens is 1. The molecular weight excluding hydrogens is 505 g/mol. The van der Waals surface area contributed by atoms with Crippen LogP contribution < -0.4 is 28.7 Å². The summed E-state index contributed by atoms with van der Waals surface area (Å²) >= 11 is 1.18. The molecule has 7 nitrogen and oxygen atoms in total. The molecule has 0 fully saturated rings. The first kappa shape index (κ1) is 26.1. The molecule has 0 radical (unpaired) electrons. The van der Waals surface area contributed by atoms with E-state index in [1.165, 1.54) is 31.0 Å². The van der Waals surface area contributed by atoms with E-state index in [4.69, 9.17) is 14.2 Å². The van der Waals surface area contributed by atoms with E-state index in [1.54, 1.807) is 0 Å². The molecule has 2 heterocycles. The first-order chi connectivity index (χ1) is 13.4. The van der Waals surface area contributed by atoms with Crippen LogP contribution in [0.25, 0.3) is 5.57 Å². The van der Waals surface area contributed by atoms with Gasteiger partial charge in [0.25, 0.3) is 5.88 Å². The number of ether oxygens (including phenoxy) is 3. The first-order valence-electron chi connectivity index (χ1n) is 10.2. The van der Waals surface area contributed by atoms with Gasteiger partial charge in [-0.15, -0.1) is 4.37 Å². The average Bonchev–Trinajstić information content (AvgIpc) is 3.09. The van der Waals surface area contributed by atoms with Crippen molar-refractivity contribution in [2.24, 2.45) is 0 Å². The summed E-state index contributed by atoms with van der Waals surface area (Å²) in [5, 5.41) is 0. The lowest BCUT2D eigenvalue weighted by atomic mass is 10.0. The Balaban J connectivity index is 0.00000420. The summed E-state index contributed by atoms with van der Waals surface area (Å²) in [6.45, 7) is 9.97. The van der Waals surface area contributed by atoms with Crippen LogP contribution in [0, 0.1) is 0 Å². The number of carbonyl (C=O) groups is 1. The van der Waals surface area contributed by atoms with E-state index in [1.807, 2.05) is 20.8 Å². The molecule has 0 aromatic carbocycles. The molecule has 2 atom stereocenters. The summed E-state index contributed by atoms with van der Waals surface area (Å²) in [7, 11) is 2.09. The lowest BCUT2D eigenvalue weighted by molar-refractivity contribution is -0.944. The van der Waals surface area contributed by atoms with Gasteiger partial charge >= 0.3 is 6.16 Å². The van der Waals surface area contributed by atoms with Gasteiger partial charge in [-0.05, 0) is 20.3 Å². The summed E-state index contributed by atoms with van der Waals surface area (Å²) in [5.74, 6) is 0.619. The van der Waals surface area contributed by atoms with Gasteiger partial charge in [-0.1, -0.05) is 32.3 Å². The Hall–Kier alpha value is -0.940. The Morgan fingerprint density at radius 2 is 1.97 bits per heavy atom. The largest absolute Gasteiger partial charge is 1.00 e. The maximum Gasteiger partial charge on any atom is 0.513 e. The third-order valence-corrected chi connectivity index (χ3v) is 5.55. The highest BCUT2D eigenvalue weighted by molar-refractivity contribution is 6.99. The Labute approximate surface area is 195 Å². The molecule has 0 aliphatic carbocycles. The van der Waals surface area contributed by atoms with Crippen LogP contribution in [0.15, 0.2) is 6.08 Å².